The molecule has 0 aliphatic carbocycles. The van der Waals surface area contributed by atoms with Gasteiger partial charge in [-0.15, -0.1) is 5.10 Å². The zero-order chi connectivity index (χ0) is 10.1. The molecule has 3 nitrogen and oxygen atoms in total. The summed E-state index contributed by atoms with van der Waals surface area (Å²) in [6.45, 7) is 0. The Bertz CT molecular complexity index is 469. The number of hydrogen-bond acceptors (Lipinski definition) is 2. The van der Waals surface area contributed by atoms with Crippen molar-refractivity contribution in [1.29, 1.82) is 0 Å². The van der Waals surface area contributed by atoms with Crippen molar-refractivity contribution in [3.05, 3.63) is 42.2 Å². The molecule has 0 spiro atoms. The molecule has 1 heterocycles. The van der Waals surface area contributed by atoms with Crippen LogP contribution in [0.5, 0.6) is 0 Å². The molecule has 0 amide bonds. The van der Waals surface area contributed by atoms with Crippen molar-refractivity contribution in [2.24, 2.45) is 0 Å². The van der Waals surface area contributed by atoms with Gasteiger partial charge in [0.25, 0.3) is 0 Å². The Kier molecular flexibility index (Phi) is 1.51. The highest BCUT2D eigenvalue weighted by Crippen LogP contribution is 2.14. The lowest BCUT2D eigenvalue weighted by Crippen LogP contribution is -2.00. The molecule has 0 atom stereocenters. The van der Waals surface area contributed by atoms with Crippen LogP contribution in [0.1, 0.15) is 1.37 Å². The molecule has 0 saturated heterocycles. The van der Waals surface area contributed by atoms with E-state index in [0.29, 0.717) is 0 Å². The van der Waals surface area contributed by atoms with Crippen molar-refractivity contribution in [3.63, 3.8) is 0 Å². The summed E-state index contributed by atoms with van der Waals surface area (Å²) >= 11 is 0. The first-order valence-corrected chi connectivity index (χ1v) is 3.52. The van der Waals surface area contributed by atoms with E-state index in [0.717, 1.165) is 10.7 Å². The summed E-state index contributed by atoms with van der Waals surface area (Å²) in [5.74, 6) is -1.96. The molecule has 0 fully saturated rings. The van der Waals surface area contributed by atoms with Crippen molar-refractivity contribution in [1.82, 2.24) is 15.0 Å². The molecule has 0 bridgehead atoms. The van der Waals surface area contributed by atoms with Crippen molar-refractivity contribution >= 4 is 0 Å². The average Bonchev–Trinajstić information content (AvgIpc) is 2.57. The van der Waals surface area contributed by atoms with Crippen molar-refractivity contribution in [2.45, 2.75) is 0 Å². The fourth-order valence-electron chi connectivity index (χ4n) is 0.967. The van der Waals surface area contributed by atoms with Gasteiger partial charge in [-0.3, -0.25) is 0 Å². The van der Waals surface area contributed by atoms with Gasteiger partial charge in [-0.2, -0.15) is 0 Å². The molecule has 0 unspecified atom stereocenters. The van der Waals surface area contributed by atoms with E-state index in [1.165, 1.54) is 18.3 Å². The predicted octanol–water partition coefficient (Wildman–Crippen LogP) is 1.55. The Hall–Kier alpha value is -1.78. The highest BCUT2D eigenvalue weighted by molar-refractivity contribution is 5.32. The molecule has 2 aromatic rings. The second-order valence-electron chi connectivity index (χ2n) is 2.37. The Balaban J connectivity index is 2.57. The Morgan fingerprint density at radius 1 is 1.38 bits per heavy atom. The monoisotopic (exact) mass is 182 g/mol. The van der Waals surface area contributed by atoms with Gasteiger partial charge in [0.15, 0.2) is 11.6 Å². The molecule has 0 saturated carbocycles. The summed E-state index contributed by atoms with van der Waals surface area (Å²) < 4.78 is 34.1. The molecule has 0 radical (unpaired) electrons. The summed E-state index contributed by atoms with van der Waals surface area (Å²) in [6, 6.07) is 3.73. The van der Waals surface area contributed by atoms with Crippen molar-refractivity contribution in [2.75, 3.05) is 0 Å². The number of hydrogen-bond donors (Lipinski definition) is 0. The summed E-state index contributed by atoms with van der Waals surface area (Å²) in [4.78, 5) is 0. The van der Waals surface area contributed by atoms with E-state index >= 15 is 0 Å². The van der Waals surface area contributed by atoms with E-state index in [1.807, 2.05) is 0 Å². The standard InChI is InChI=1S/C8H5F2N3/c9-6-2-1-3-7(8(6)10)13-5-4-11-12-13/h1-5H/i4D. The van der Waals surface area contributed by atoms with E-state index in [1.54, 1.807) is 0 Å². The summed E-state index contributed by atoms with van der Waals surface area (Å²) in [5, 5.41) is 6.81. The van der Waals surface area contributed by atoms with E-state index in [4.69, 9.17) is 1.37 Å². The van der Waals surface area contributed by atoms with Crippen LogP contribution in [-0.2, 0) is 0 Å². The van der Waals surface area contributed by atoms with E-state index in [2.05, 4.69) is 10.3 Å². The second kappa shape index (κ2) is 2.93. The molecule has 1 aromatic heterocycles. The minimum atomic E-state index is -1.00. The highest BCUT2D eigenvalue weighted by atomic mass is 19.2. The first kappa shape index (κ1) is 6.71. The Morgan fingerprint density at radius 3 is 2.92 bits per heavy atom. The molecule has 0 N–H and O–H groups in total. The van der Waals surface area contributed by atoms with Gasteiger partial charge in [-0.1, -0.05) is 11.3 Å². The number of benzene rings is 1. The van der Waals surface area contributed by atoms with E-state index in [-0.39, 0.29) is 11.9 Å². The molecule has 66 valence electrons. The maximum absolute atomic E-state index is 13.2. The van der Waals surface area contributed by atoms with Crippen molar-refractivity contribution in [3.8, 4) is 5.69 Å². The molecule has 0 aliphatic heterocycles. The lowest BCUT2D eigenvalue weighted by Gasteiger charge is -2.01. The number of halogens is 2. The van der Waals surface area contributed by atoms with Crippen LogP contribution in [0.25, 0.3) is 5.69 Å². The van der Waals surface area contributed by atoms with Crippen LogP contribution in [-0.4, -0.2) is 15.0 Å². The molecule has 2 rings (SSSR count). The summed E-state index contributed by atoms with van der Waals surface area (Å²) in [5.41, 5.74) is -0.0593. The average molecular weight is 182 g/mol. The van der Waals surface area contributed by atoms with Gasteiger partial charge in [-0.25, -0.2) is 13.5 Å². The lowest BCUT2D eigenvalue weighted by molar-refractivity contribution is 0.500. The van der Waals surface area contributed by atoms with Gasteiger partial charge in [0, 0.05) is 0 Å². The van der Waals surface area contributed by atoms with Crippen molar-refractivity contribution < 1.29 is 10.2 Å². The van der Waals surface area contributed by atoms with Gasteiger partial charge in [0.2, 0.25) is 0 Å². The maximum atomic E-state index is 13.2. The first-order valence-electron chi connectivity index (χ1n) is 4.02. The molecule has 0 aliphatic rings. The molecule has 13 heavy (non-hydrogen) atoms. The molecular weight excluding hydrogens is 176 g/mol. The topological polar surface area (TPSA) is 30.7 Å². The van der Waals surface area contributed by atoms with Crippen LogP contribution in [0, 0.1) is 11.6 Å². The first-order chi connectivity index (χ1) is 6.68. The van der Waals surface area contributed by atoms with Crippen LogP contribution in [0.4, 0.5) is 8.78 Å². The second-order valence-corrected chi connectivity index (χ2v) is 2.37. The maximum Gasteiger partial charge on any atom is 0.184 e. The third-order valence-electron chi connectivity index (χ3n) is 1.56. The van der Waals surface area contributed by atoms with Gasteiger partial charge < -0.3 is 0 Å². The van der Waals surface area contributed by atoms with Gasteiger partial charge in [0.05, 0.1) is 13.7 Å². The minimum absolute atomic E-state index is 0.0593. The third kappa shape index (κ3) is 1.28. The van der Waals surface area contributed by atoms with Gasteiger partial charge >= 0.3 is 0 Å². The Morgan fingerprint density at radius 2 is 2.23 bits per heavy atom. The molecular formula is C8H5F2N3. The zero-order valence-electron chi connectivity index (χ0n) is 7.41. The predicted molar refractivity (Wildman–Crippen MR) is 41.3 cm³/mol. The minimum Gasteiger partial charge on any atom is -0.218 e. The third-order valence-corrected chi connectivity index (χ3v) is 1.56. The number of rotatable bonds is 1. The van der Waals surface area contributed by atoms with Crippen LogP contribution >= 0.6 is 0 Å². The zero-order valence-corrected chi connectivity index (χ0v) is 6.41. The Labute approximate surface area is 74.0 Å². The van der Waals surface area contributed by atoms with E-state index < -0.39 is 11.6 Å². The molecule has 5 heteroatoms. The number of aromatic nitrogens is 3. The number of nitrogens with zero attached hydrogens (tertiary/aromatic N) is 3. The summed E-state index contributed by atoms with van der Waals surface area (Å²) in [7, 11) is 0. The van der Waals surface area contributed by atoms with Crippen LogP contribution < -0.4 is 0 Å². The normalized spacial score (nSPS) is 11.4. The van der Waals surface area contributed by atoms with Gasteiger partial charge in [0.1, 0.15) is 5.69 Å². The lowest BCUT2D eigenvalue weighted by atomic mass is 10.3. The summed E-state index contributed by atoms with van der Waals surface area (Å²) in [6.07, 6.45) is 1.09. The highest BCUT2D eigenvalue weighted by Gasteiger charge is 2.08. The largest absolute Gasteiger partial charge is 0.218 e. The quantitative estimate of drug-likeness (QED) is 0.669. The molecule has 1 aromatic carbocycles. The van der Waals surface area contributed by atoms with Crippen LogP contribution in [0.15, 0.2) is 30.6 Å². The van der Waals surface area contributed by atoms with Crippen LogP contribution in [0.3, 0.4) is 0 Å². The fraction of sp³-hybridized carbons (Fsp3) is 0. The van der Waals surface area contributed by atoms with Gasteiger partial charge in [-0.05, 0) is 12.1 Å². The SMILES string of the molecule is [2H]c1cn(-c2cccc(F)c2F)nn1. The van der Waals surface area contributed by atoms with Crippen LogP contribution in [0.2, 0.25) is 0 Å². The fourth-order valence-corrected chi connectivity index (χ4v) is 0.967. The smallest absolute Gasteiger partial charge is 0.184 e. The van der Waals surface area contributed by atoms with E-state index in [9.17, 15) is 8.78 Å².